The van der Waals surface area contributed by atoms with Gasteiger partial charge in [0.25, 0.3) is 5.91 Å². The van der Waals surface area contributed by atoms with Crippen molar-refractivity contribution in [3.63, 3.8) is 0 Å². The van der Waals surface area contributed by atoms with E-state index in [1.165, 1.54) is 11.8 Å². The first-order valence-electron chi connectivity index (χ1n) is 10.1. The molecule has 0 bridgehead atoms. The molecule has 0 spiro atoms. The first-order valence-corrected chi connectivity index (χ1v) is 10.9. The van der Waals surface area contributed by atoms with Crippen molar-refractivity contribution in [2.45, 2.75) is 23.4 Å². The molecular weight excluding hydrogens is 428 g/mol. The van der Waals surface area contributed by atoms with Gasteiger partial charge in [-0.1, -0.05) is 11.8 Å². The van der Waals surface area contributed by atoms with Gasteiger partial charge in [0, 0.05) is 17.2 Å². The second-order valence-electron chi connectivity index (χ2n) is 7.10. The zero-order valence-electron chi connectivity index (χ0n) is 17.3. The van der Waals surface area contributed by atoms with Gasteiger partial charge in [-0.25, -0.2) is 9.67 Å². The lowest BCUT2D eigenvalue weighted by Crippen LogP contribution is -2.17. The Balaban J connectivity index is 1.34. The van der Waals surface area contributed by atoms with Gasteiger partial charge in [0.15, 0.2) is 11.5 Å². The van der Waals surface area contributed by atoms with Crippen LogP contribution in [-0.2, 0) is 6.54 Å². The number of hydrogen-bond donors (Lipinski definition) is 1. The number of pyridine rings is 1. The van der Waals surface area contributed by atoms with E-state index in [-0.39, 0.29) is 5.91 Å². The van der Waals surface area contributed by atoms with E-state index in [0.29, 0.717) is 41.9 Å². The van der Waals surface area contributed by atoms with Gasteiger partial charge in [0.05, 0.1) is 11.8 Å². The summed E-state index contributed by atoms with van der Waals surface area (Å²) >= 11 is 1.39. The van der Waals surface area contributed by atoms with Gasteiger partial charge in [-0.2, -0.15) is 5.10 Å². The number of nitrogens with one attached hydrogen (secondary N) is 1. The molecule has 1 aliphatic rings. The van der Waals surface area contributed by atoms with Gasteiger partial charge in [-0.05, 0) is 49.4 Å². The highest BCUT2D eigenvalue weighted by molar-refractivity contribution is 7.99. The first-order chi connectivity index (χ1) is 15.7. The fourth-order valence-corrected chi connectivity index (χ4v) is 4.22. The quantitative estimate of drug-likeness (QED) is 0.467. The molecule has 0 saturated heterocycles. The van der Waals surface area contributed by atoms with E-state index in [1.54, 1.807) is 35.3 Å². The summed E-state index contributed by atoms with van der Waals surface area (Å²) in [6.45, 7) is 3.37. The number of furan rings is 1. The minimum atomic E-state index is -0.268. The molecule has 32 heavy (non-hydrogen) atoms. The van der Waals surface area contributed by atoms with Crippen molar-refractivity contribution >= 4 is 23.5 Å². The molecule has 1 amide bonds. The van der Waals surface area contributed by atoms with Gasteiger partial charge >= 0.3 is 0 Å². The number of aromatic nitrogens is 3. The topological polar surface area (TPSA) is 91.4 Å². The number of hydrogen-bond acceptors (Lipinski definition) is 7. The SMILES string of the molecule is Cc1ccc(Cn2nccc2NC(=O)c2cccnc2Sc2ccc3c(c2)OCCO3)o1. The fourth-order valence-electron chi connectivity index (χ4n) is 3.31. The Morgan fingerprint density at radius 1 is 1.09 bits per heavy atom. The molecule has 1 aliphatic heterocycles. The van der Waals surface area contributed by atoms with Gasteiger partial charge in [0.2, 0.25) is 0 Å². The Morgan fingerprint density at radius 3 is 2.81 bits per heavy atom. The maximum atomic E-state index is 13.1. The monoisotopic (exact) mass is 448 g/mol. The zero-order valence-corrected chi connectivity index (χ0v) is 18.1. The number of nitrogens with zero attached hydrogens (tertiary/aromatic N) is 3. The molecule has 0 radical (unpaired) electrons. The van der Waals surface area contributed by atoms with Crippen LogP contribution in [-0.4, -0.2) is 33.9 Å². The number of rotatable bonds is 6. The summed E-state index contributed by atoms with van der Waals surface area (Å²) < 4.78 is 18.5. The Bertz CT molecular complexity index is 1270. The van der Waals surface area contributed by atoms with E-state index in [1.807, 2.05) is 37.3 Å². The van der Waals surface area contributed by atoms with Crippen LogP contribution in [0.5, 0.6) is 11.5 Å². The van der Waals surface area contributed by atoms with Crippen LogP contribution < -0.4 is 14.8 Å². The van der Waals surface area contributed by atoms with Crippen LogP contribution >= 0.6 is 11.8 Å². The van der Waals surface area contributed by atoms with Crippen LogP contribution in [0.3, 0.4) is 0 Å². The molecule has 1 aromatic carbocycles. The Kier molecular flexibility index (Phi) is 5.55. The summed E-state index contributed by atoms with van der Waals surface area (Å²) in [7, 11) is 0. The van der Waals surface area contributed by atoms with Crippen molar-refractivity contribution in [1.82, 2.24) is 14.8 Å². The van der Waals surface area contributed by atoms with Gasteiger partial charge < -0.3 is 19.2 Å². The van der Waals surface area contributed by atoms with Crippen molar-refractivity contribution in [1.29, 1.82) is 0 Å². The average molecular weight is 449 g/mol. The second kappa shape index (κ2) is 8.80. The van der Waals surface area contributed by atoms with Crippen LogP contribution in [0, 0.1) is 6.92 Å². The Labute approximate surface area is 188 Å². The highest BCUT2D eigenvalue weighted by atomic mass is 32.2. The molecule has 1 N–H and O–H groups in total. The van der Waals surface area contributed by atoms with Gasteiger partial charge in [-0.15, -0.1) is 0 Å². The lowest BCUT2D eigenvalue weighted by Gasteiger charge is -2.18. The maximum absolute atomic E-state index is 13.1. The number of carbonyl (C=O) groups excluding carboxylic acids is 1. The molecule has 162 valence electrons. The van der Waals surface area contributed by atoms with E-state index >= 15 is 0 Å². The lowest BCUT2D eigenvalue weighted by atomic mass is 10.2. The van der Waals surface area contributed by atoms with Gasteiger partial charge in [0.1, 0.15) is 42.1 Å². The third-order valence-corrected chi connectivity index (χ3v) is 5.81. The van der Waals surface area contributed by atoms with Crippen LogP contribution in [0.4, 0.5) is 5.82 Å². The number of aryl methyl sites for hydroxylation is 1. The van der Waals surface area contributed by atoms with Crippen molar-refractivity contribution in [3.05, 3.63) is 78.0 Å². The smallest absolute Gasteiger partial charge is 0.259 e. The summed E-state index contributed by atoms with van der Waals surface area (Å²) in [5.41, 5.74) is 0.467. The standard InChI is InChI=1S/C23H20N4O4S/c1-15-4-5-16(31-15)14-27-21(8-10-25-27)26-22(28)18-3-2-9-24-23(18)32-17-6-7-19-20(13-17)30-12-11-29-19/h2-10,13H,11-12,14H2,1H3,(H,26,28). The maximum Gasteiger partial charge on any atom is 0.259 e. The largest absolute Gasteiger partial charge is 0.486 e. The molecule has 0 aliphatic carbocycles. The van der Waals surface area contributed by atoms with Crippen molar-refractivity contribution < 1.29 is 18.7 Å². The Hall–Kier alpha value is -3.72. The summed E-state index contributed by atoms with van der Waals surface area (Å²) in [5.74, 6) is 3.31. The molecule has 5 rings (SSSR count). The average Bonchev–Trinajstić information content (AvgIpc) is 3.42. The number of benzene rings is 1. The number of fused-ring (bicyclic) bond motifs is 1. The lowest BCUT2D eigenvalue weighted by molar-refractivity contribution is 0.102. The fraction of sp³-hybridized carbons (Fsp3) is 0.174. The van der Waals surface area contributed by atoms with Crippen LogP contribution in [0.2, 0.25) is 0 Å². The molecule has 3 aromatic heterocycles. The summed E-state index contributed by atoms with van der Waals surface area (Å²) in [6, 6.07) is 14.7. The van der Waals surface area contributed by atoms with Crippen LogP contribution in [0.15, 0.2) is 75.3 Å². The predicted octanol–water partition coefficient (Wildman–Crippen LogP) is 4.40. The molecule has 4 aromatic rings. The predicted molar refractivity (Wildman–Crippen MR) is 119 cm³/mol. The molecule has 0 unspecified atom stereocenters. The molecule has 4 heterocycles. The van der Waals surface area contributed by atoms with E-state index in [4.69, 9.17) is 13.9 Å². The molecule has 0 atom stereocenters. The van der Waals surface area contributed by atoms with E-state index < -0.39 is 0 Å². The molecule has 8 nitrogen and oxygen atoms in total. The van der Waals surface area contributed by atoms with E-state index in [9.17, 15) is 4.79 Å². The van der Waals surface area contributed by atoms with E-state index in [2.05, 4.69) is 15.4 Å². The van der Waals surface area contributed by atoms with Crippen molar-refractivity contribution in [2.24, 2.45) is 0 Å². The minimum Gasteiger partial charge on any atom is -0.486 e. The molecule has 0 fully saturated rings. The first kappa shape index (κ1) is 20.2. The molecule has 9 heteroatoms. The number of anilines is 1. The summed E-state index contributed by atoms with van der Waals surface area (Å²) in [5, 5.41) is 7.82. The highest BCUT2D eigenvalue weighted by Crippen LogP contribution is 2.37. The number of carbonyl (C=O) groups is 1. The summed E-state index contributed by atoms with van der Waals surface area (Å²) in [4.78, 5) is 18.4. The van der Waals surface area contributed by atoms with Crippen molar-refractivity contribution in [2.75, 3.05) is 18.5 Å². The molecular formula is C23H20N4O4S. The van der Waals surface area contributed by atoms with Crippen molar-refractivity contribution in [3.8, 4) is 11.5 Å². The van der Waals surface area contributed by atoms with Crippen LogP contribution in [0.1, 0.15) is 21.9 Å². The molecule has 0 saturated carbocycles. The summed E-state index contributed by atoms with van der Waals surface area (Å²) in [6.07, 6.45) is 3.31. The zero-order chi connectivity index (χ0) is 21.9. The number of amides is 1. The van der Waals surface area contributed by atoms with Crippen LogP contribution in [0.25, 0.3) is 0 Å². The minimum absolute atomic E-state index is 0.268. The normalized spacial score (nSPS) is 12.5. The number of ether oxygens (including phenoxy) is 2. The third-order valence-electron chi connectivity index (χ3n) is 4.80. The van der Waals surface area contributed by atoms with Gasteiger partial charge in [-0.3, -0.25) is 4.79 Å². The highest BCUT2D eigenvalue weighted by Gasteiger charge is 2.18. The third kappa shape index (κ3) is 4.33. The van der Waals surface area contributed by atoms with E-state index in [0.717, 1.165) is 22.2 Å². The second-order valence-corrected chi connectivity index (χ2v) is 8.17. The Morgan fingerprint density at radius 2 is 1.97 bits per heavy atom.